The lowest BCUT2D eigenvalue weighted by Crippen LogP contribution is -2.13. The van der Waals surface area contributed by atoms with Crippen molar-refractivity contribution in [1.82, 2.24) is 14.9 Å². The Hall–Kier alpha value is -4.43. The molecule has 0 amide bonds. The molecule has 2 N–H and O–H groups in total. The summed E-state index contributed by atoms with van der Waals surface area (Å²) in [4.78, 5) is 22.1. The van der Waals surface area contributed by atoms with Crippen LogP contribution in [0.25, 0.3) is 17.0 Å². The number of anilines is 2. The molecule has 0 aliphatic heterocycles. The molecule has 0 atom stereocenters. The number of carboxylic acids is 1. The highest BCUT2D eigenvalue weighted by Crippen LogP contribution is 2.31. The van der Waals surface area contributed by atoms with Crippen molar-refractivity contribution >= 4 is 34.5 Å². The number of rotatable bonds is 12. The van der Waals surface area contributed by atoms with Crippen LogP contribution in [0.15, 0.2) is 79.1 Å². The van der Waals surface area contributed by atoms with Gasteiger partial charge in [-0.25, -0.2) is 14.8 Å². The van der Waals surface area contributed by atoms with Crippen LogP contribution in [0.1, 0.15) is 18.4 Å². The summed E-state index contributed by atoms with van der Waals surface area (Å²) in [5.41, 5.74) is 2.16. The molecule has 8 nitrogen and oxygen atoms in total. The van der Waals surface area contributed by atoms with Crippen molar-refractivity contribution in [2.75, 3.05) is 32.6 Å². The minimum atomic E-state index is -1.03. The van der Waals surface area contributed by atoms with E-state index < -0.39 is 5.97 Å². The summed E-state index contributed by atoms with van der Waals surface area (Å²) in [6, 6.07) is 20.8. The van der Waals surface area contributed by atoms with E-state index in [-0.39, 0.29) is 0 Å². The number of ether oxygens (including phenoxy) is 2. The number of benzene rings is 3. The standard InChI is InChI=1S/C29H30N4O4/c1-33(2)16-6-7-17-36-27-19-26-25(18-21(27)10-15-28(34)35)29(31-20-30-26)32-22-11-13-24(14-12-22)37-23-8-4-3-5-9-23/h3-5,8-15,18-20H,6-7,16-17H2,1-2H3,(H,34,35)(H,30,31,32). The Kier molecular flexibility index (Phi) is 8.67. The molecule has 8 heteroatoms. The van der Waals surface area contributed by atoms with Crippen molar-refractivity contribution < 1.29 is 19.4 Å². The van der Waals surface area contributed by atoms with E-state index in [4.69, 9.17) is 14.6 Å². The Balaban J connectivity index is 1.54. The van der Waals surface area contributed by atoms with Gasteiger partial charge in [0.1, 0.15) is 29.4 Å². The molecule has 4 rings (SSSR count). The van der Waals surface area contributed by atoms with Crippen LogP contribution in [0.5, 0.6) is 17.2 Å². The van der Waals surface area contributed by atoms with Crippen molar-refractivity contribution in [3.8, 4) is 17.2 Å². The molecule has 3 aromatic carbocycles. The molecule has 0 spiro atoms. The molecule has 0 aliphatic carbocycles. The van der Waals surface area contributed by atoms with E-state index in [0.717, 1.165) is 48.0 Å². The van der Waals surface area contributed by atoms with Gasteiger partial charge in [-0.2, -0.15) is 0 Å². The molecule has 190 valence electrons. The number of nitrogens with zero attached hydrogens (tertiary/aromatic N) is 3. The lowest BCUT2D eigenvalue weighted by Gasteiger charge is -2.14. The second kappa shape index (κ2) is 12.5. The van der Waals surface area contributed by atoms with Crippen LogP contribution >= 0.6 is 0 Å². The van der Waals surface area contributed by atoms with E-state index in [0.29, 0.717) is 29.3 Å². The fraction of sp³-hybridized carbons (Fsp3) is 0.207. The second-order valence-electron chi connectivity index (χ2n) is 8.72. The molecule has 0 fully saturated rings. The van der Waals surface area contributed by atoms with E-state index in [1.807, 2.05) is 80.8 Å². The number of para-hydroxylation sites is 1. The summed E-state index contributed by atoms with van der Waals surface area (Å²) in [5.74, 6) is 1.64. The number of hydrogen-bond donors (Lipinski definition) is 2. The summed E-state index contributed by atoms with van der Waals surface area (Å²) < 4.78 is 11.9. The Morgan fingerprint density at radius 2 is 1.76 bits per heavy atom. The van der Waals surface area contributed by atoms with Gasteiger partial charge in [0.2, 0.25) is 0 Å². The quantitative estimate of drug-likeness (QED) is 0.182. The third-order valence-corrected chi connectivity index (χ3v) is 5.53. The topological polar surface area (TPSA) is 96.8 Å². The highest BCUT2D eigenvalue weighted by Gasteiger charge is 2.11. The first-order valence-electron chi connectivity index (χ1n) is 12.1. The van der Waals surface area contributed by atoms with Crippen LogP contribution in [0, 0.1) is 0 Å². The summed E-state index contributed by atoms with van der Waals surface area (Å²) in [7, 11) is 4.08. The van der Waals surface area contributed by atoms with Crippen LogP contribution < -0.4 is 14.8 Å². The van der Waals surface area contributed by atoms with E-state index >= 15 is 0 Å². The maximum Gasteiger partial charge on any atom is 0.328 e. The van der Waals surface area contributed by atoms with E-state index in [1.165, 1.54) is 12.4 Å². The van der Waals surface area contributed by atoms with Gasteiger partial charge in [0.25, 0.3) is 0 Å². The zero-order valence-corrected chi connectivity index (χ0v) is 20.9. The predicted molar refractivity (Wildman–Crippen MR) is 146 cm³/mol. The Bertz CT molecular complexity index is 1360. The summed E-state index contributed by atoms with van der Waals surface area (Å²) in [5, 5.41) is 13.2. The fourth-order valence-corrected chi connectivity index (χ4v) is 3.70. The number of hydrogen-bond acceptors (Lipinski definition) is 7. The lowest BCUT2D eigenvalue weighted by molar-refractivity contribution is -0.131. The fourth-order valence-electron chi connectivity index (χ4n) is 3.70. The van der Waals surface area contributed by atoms with E-state index in [1.54, 1.807) is 0 Å². The van der Waals surface area contributed by atoms with Crippen LogP contribution in [0.4, 0.5) is 11.5 Å². The Morgan fingerprint density at radius 3 is 2.49 bits per heavy atom. The highest BCUT2D eigenvalue weighted by atomic mass is 16.5. The molecule has 0 saturated heterocycles. The molecule has 0 saturated carbocycles. The van der Waals surface area contributed by atoms with Gasteiger partial charge >= 0.3 is 5.97 Å². The van der Waals surface area contributed by atoms with Gasteiger partial charge in [-0.15, -0.1) is 0 Å². The first-order chi connectivity index (χ1) is 18.0. The van der Waals surface area contributed by atoms with E-state index in [9.17, 15) is 4.79 Å². The molecule has 0 unspecified atom stereocenters. The van der Waals surface area contributed by atoms with Crippen LogP contribution in [0.2, 0.25) is 0 Å². The third-order valence-electron chi connectivity index (χ3n) is 5.53. The minimum Gasteiger partial charge on any atom is -0.493 e. The van der Waals surface area contributed by atoms with Crippen molar-refractivity contribution in [1.29, 1.82) is 0 Å². The maximum absolute atomic E-state index is 11.2. The van der Waals surface area contributed by atoms with Crippen LogP contribution in [-0.2, 0) is 4.79 Å². The number of aliphatic carboxylic acids is 1. The molecule has 1 aromatic heterocycles. The SMILES string of the molecule is CN(C)CCCCOc1cc2ncnc(Nc3ccc(Oc4ccccc4)cc3)c2cc1C=CC(=O)O. The minimum absolute atomic E-state index is 0.529. The zero-order chi connectivity index (χ0) is 26.0. The summed E-state index contributed by atoms with van der Waals surface area (Å²) in [6.07, 6.45) is 6.02. The zero-order valence-electron chi connectivity index (χ0n) is 20.9. The molecule has 0 aliphatic rings. The third kappa shape index (κ3) is 7.52. The molecular weight excluding hydrogens is 468 g/mol. The van der Waals surface area contributed by atoms with Crippen molar-refractivity contribution in [3.63, 3.8) is 0 Å². The normalized spacial score (nSPS) is 11.2. The van der Waals surface area contributed by atoms with Crippen molar-refractivity contribution in [2.45, 2.75) is 12.8 Å². The lowest BCUT2D eigenvalue weighted by atomic mass is 10.1. The van der Waals surface area contributed by atoms with Gasteiger partial charge < -0.3 is 24.8 Å². The largest absolute Gasteiger partial charge is 0.493 e. The molecule has 37 heavy (non-hydrogen) atoms. The predicted octanol–water partition coefficient (Wildman–Crippen LogP) is 5.98. The smallest absolute Gasteiger partial charge is 0.328 e. The first-order valence-corrected chi connectivity index (χ1v) is 12.1. The van der Waals surface area contributed by atoms with Crippen LogP contribution in [-0.4, -0.2) is 53.2 Å². The molecule has 1 heterocycles. The Labute approximate surface area is 216 Å². The van der Waals surface area contributed by atoms with Gasteiger partial charge in [-0.3, -0.25) is 0 Å². The number of aromatic nitrogens is 2. The number of nitrogens with one attached hydrogen (secondary N) is 1. The number of unbranched alkanes of at least 4 members (excludes halogenated alkanes) is 1. The van der Waals surface area contributed by atoms with Gasteiger partial charge in [-0.1, -0.05) is 18.2 Å². The maximum atomic E-state index is 11.2. The van der Waals surface area contributed by atoms with Crippen molar-refractivity contribution in [2.24, 2.45) is 0 Å². The van der Waals surface area contributed by atoms with Gasteiger partial charge in [-0.05, 0) is 82.0 Å². The Morgan fingerprint density at radius 1 is 1.00 bits per heavy atom. The van der Waals surface area contributed by atoms with Gasteiger partial charge in [0, 0.05) is 28.8 Å². The van der Waals surface area contributed by atoms with Gasteiger partial charge in [0.15, 0.2) is 0 Å². The summed E-state index contributed by atoms with van der Waals surface area (Å²) >= 11 is 0. The monoisotopic (exact) mass is 498 g/mol. The van der Waals surface area contributed by atoms with Gasteiger partial charge in [0.05, 0.1) is 12.1 Å². The second-order valence-corrected chi connectivity index (χ2v) is 8.72. The van der Waals surface area contributed by atoms with Crippen LogP contribution in [0.3, 0.4) is 0 Å². The molecule has 4 aromatic rings. The average molecular weight is 499 g/mol. The molecule has 0 bridgehead atoms. The summed E-state index contributed by atoms with van der Waals surface area (Å²) in [6.45, 7) is 1.51. The van der Waals surface area contributed by atoms with Crippen molar-refractivity contribution in [3.05, 3.63) is 84.7 Å². The highest BCUT2D eigenvalue weighted by molar-refractivity contribution is 5.95. The first kappa shape index (κ1) is 25.7. The van der Waals surface area contributed by atoms with E-state index in [2.05, 4.69) is 20.2 Å². The molecule has 0 radical (unpaired) electrons. The number of carboxylic acid groups (broad SMARTS) is 1. The average Bonchev–Trinajstić information content (AvgIpc) is 2.89. The number of fused-ring (bicyclic) bond motifs is 1. The number of carbonyl (C=O) groups is 1. The molecular formula is C29H30N4O4.